The molecule has 1 rings (SSSR count). The summed E-state index contributed by atoms with van der Waals surface area (Å²) in [5.74, 6) is 0. The Morgan fingerprint density at radius 2 is 1.93 bits per heavy atom. The minimum absolute atomic E-state index is 0.454. The minimum Gasteiger partial charge on any atom is -0.343 e. The normalized spacial score (nSPS) is 21.9. The van der Waals surface area contributed by atoms with Crippen molar-refractivity contribution < 1.29 is 0 Å². The Hall–Kier alpha value is -0.570. The fourth-order valence-electron chi connectivity index (χ4n) is 1.69. The Labute approximate surface area is 92.6 Å². The molecular weight excluding hydrogens is 192 g/mol. The van der Waals surface area contributed by atoms with E-state index in [1.54, 1.807) is 0 Å². The second-order valence-corrected chi connectivity index (χ2v) is 4.12. The second kappa shape index (κ2) is 5.35. The van der Waals surface area contributed by atoms with Gasteiger partial charge in [-0.15, -0.1) is 0 Å². The molecule has 1 unspecified atom stereocenters. The van der Waals surface area contributed by atoms with Crippen LogP contribution >= 0.6 is 12.2 Å². The predicted molar refractivity (Wildman–Crippen MR) is 65.2 cm³/mol. The third-order valence-electron chi connectivity index (χ3n) is 2.46. The van der Waals surface area contributed by atoms with E-state index in [0.717, 1.165) is 31.0 Å². The lowest BCUT2D eigenvalue weighted by Crippen LogP contribution is -2.48. The number of hydrogen-bond donors (Lipinski definition) is 0. The van der Waals surface area contributed by atoms with Gasteiger partial charge in [0.15, 0.2) is 5.11 Å². The summed E-state index contributed by atoms with van der Waals surface area (Å²) in [6.07, 6.45) is 6.64. The van der Waals surface area contributed by atoms with Crippen molar-refractivity contribution in [2.45, 2.75) is 39.7 Å². The van der Waals surface area contributed by atoms with E-state index in [1.807, 2.05) is 0 Å². The van der Waals surface area contributed by atoms with Crippen LogP contribution in [-0.4, -0.2) is 34.0 Å². The van der Waals surface area contributed by atoms with Gasteiger partial charge in [0.2, 0.25) is 0 Å². The molecule has 0 aromatic rings. The Kier molecular flexibility index (Phi) is 4.39. The zero-order chi connectivity index (χ0) is 10.6. The molecule has 0 fully saturated rings. The number of hydrogen-bond acceptors (Lipinski definition) is 1. The van der Waals surface area contributed by atoms with E-state index in [1.165, 1.54) is 0 Å². The first-order valence-corrected chi connectivity index (χ1v) is 5.87. The number of nitrogens with zero attached hydrogens (tertiary/aromatic N) is 2. The van der Waals surface area contributed by atoms with Gasteiger partial charge in [0.25, 0.3) is 0 Å². The first kappa shape index (κ1) is 11.5. The average molecular weight is 212 g/mol. The molecule has 0 spiro atoms. The van der Waals surface area contributed by atoms with Crippen LogP contribution < -0.4 is 0 Å². The van der Waals surface area contributed by atoms with Crippen molar-refractivity contribution in [3.05, 3.63) is 12.3 Å². The third-order valence-corrected chi connectivity index (χ3v) is 2.93. The zero-order valence-corrected chi connectivity index (χ0v) is 10.2. The van der Waals surface area contributed by atoms with Crippen molar-refractivity contribution in [2.75, 3.05) is 13.1 Å². The van der Waals surface area contributed by atoms with Gasteiger partial charge in [0, 0.05) is 25.3 Å². The van der Waals surface area contributed by atoms with Crippen LogP contribution in [0.4, 0.5) is 0 Å². The molecular formula is C11H20N2S. The van der Waals surface area contributed by atoms with Crippen molar-refractivity contribution in [2.24, 2.45) is 0 Å². The third kappa shape index (κ3) is 2.47. The van der Waals surface area contributed by atoms with Gasteiger partial charge < -0.3 is 9.80 Å². The molecule has 0 N–H and O–H groups in total. The molecule has 0 radical (unpaired) electrons. The van der Waals surface area contributed by atoms with Crippen molar-refractivity contribution in [3.63, 3.8) is 0 Å². The molecule has 14 heavy (non-hydrogen) atoms. The fourth-order valence-corrected chi connectivity index (χ4v) is 2.10. The van der Waals surface area contributed by atoms with Crippen LogP contribution in [0, 0.1) is 0 Å². The molecule has 0 aromatic carbocycles. The quantitative estimate of drug-likeness (QED) is 0.661. The number of rotatable bonds is 4. The van der Waals surface area contributed by atoms with Crippen molar-refractivity contribution in [3.8, 4) is 0 Å². The molecule has 1 aliphatic heterocycles. The van der Waals surface area contributed by atoms with Gasteiger partial charge in [-0.25, -0.2) is 0 Å². The summed E-state index contributed by atoms with van der Waals surface area (Å²) in [5.41, 5.74) is 0. The Balaban J connectivity index is 2.68. The van der Waals surface area contributed by atoms with E-state index in [0.29, 0.717) is 6.04 Å². The first-order valence-electron chi connectivity index (χ1n) is 5.46. The molecule has 80 valence electrons. The number of thiocarbonyl (C=S) groups is 1. The van der Waals surface area contributed by atoms with Crippen molar-refractivity contribution in [1.82, 2.24) is 9.80 Å². The lowest BCUT2D eigenvalue weighted by Gasteiger charge is -2.38. The van der Waals surface area contributed by atoms with Crippen molar-refractivity contribution >= 4 is 17.3 Å². The molecule has 0 aliphatic carbocycles. The Morgan fingerprint density at radius 3 is 2.50 bits per heavy atom. The van der Waals surface area contributed by atoms with Crippen LogP contribution in [0.5, 0.6) is 0 Å². The molecule has 3 heteroatoms. The molecule has 1 atom stereocenters. The second-order valence-electron chi connectivity index (χ2n) is 3.75. The van der Waals surface area contributed by atoms with Crippen LogP contribution in [0.25, 0.3) is 0 Å². The lowest BCUT2D eigenvalue weighted by atomic mass is 10.2. The topological polar surface area (TPSA) is 6.48 Å². The smallest absolute Gasteiger partial charge is 0.176 e. The van der Waals surface area contributed by atoms with Gasteiger partial charge in [-0.3, -0.25) is 0 Å². The maximum Gasteiger partial charge on any atom is 0.176 e. The first-order chi connectivity index (χ1) is 6.70. The maximum absolute atomic E-state index is 5.46. The van der Waals surface area contributed by atoms with Crippen LogP contribution in [0.15, 0.2) is 12.3 Å². The van der Waals surface area contributed by atoms with Gasteiger partial charge in [-0.05, 0) is 38.1 Å². The standard InChI is InChI=1S/C11H20N2S/c1-4-7-12-9-6-10(3)13(8-5-2)11(12)14/h6,9-10H,4-5,7-8H2,1-3H3. The van der Waals surface area contributed by atoms with Gasteiger partial charge in [0.1, 0.15) is 0 Å². The summed E-state index contributed by atoms with van der Waals surface area (Å²) in [6.45, 7) is 8.66. The molecule has 0 aromatic heterocycles. The summed E-state index contributed by atoms with van der Waals surface area (Å²) >= 11 is 5.46. The Morgan fingerprint density at radius 1 is 1.29 bits per heavy atom. The predicted octanol–water partition coefficient (Wildman–Crippen LogP) is 2.61. The molecule has 1 aliphatic rings. The van der Waals surface area contributed by atoms with Crippen LogP contribution in [-0.2, 0) is 0 Å². The van der Waals surface area contributed by atoms with E-state index >= 15 is 0 Å². The Bertz CT molecular complexity index is 225. The highest BCUT2D eigenvalue weighted by molar-refractivity contribution is 7.80. The van der Waals surface area contributed by atoms with Crippen LogP contribution in [0.2, 0.25) is 0 Å². The highest BCUT2D eigenvalue weighted by atomic mass is 32.1. The molecule has 0 saturated carbocycles. The van der Waals surface area contributed by atoms with E-state index < -0.39 is 0 Å². The summed E-state index contributed by atoms with van der Waals surface area (Å²) < 4.78 is 0. The van der Waals surface area contributed by atoms with E-state index in [-0.39, 0.29) is 0 Å². The van der Waals surface area contributed by atoms with Gasteiger partial charge in [-0.2, -0.15) is 0 Å². The molecule has 0 saturated heterocycles. The van der Waals surface area contributed by atoms with E-state index in [9.17, 15) is 0 Å². The van der Waals surface area contributed by atoms with Crippen molar-refractivity contribution in [1.29, 1.82) is 0 Å². The average Bonchev–Trinajstić information content (AvgIpc) is 2.17. The van der Waals surface area contributed by atoms with Crippen LogP contribution in [0.1, 0.15) is 33.6 Å². The monoisotopic (exact) mass is 212 g/mol. The summed E-state index contributed by atoms with van der Waals surface area (Å²) in [4.78, 5) is 4.47. The SMILES string of the molecule is CCCN1C=CC(C)N(CCC)C1=S. The van der Waals surface area contributed by atoms with E-state index in [2.05, 4.69) is 42.8 Å². The summed E-state index contributed by atoms with van der Waals surface area (Å²) in [7, 11) is 0. The largest absolute Gasteiger partial charge is 0.343 e. The van der Waals surface area contributed by atoms with Gasteiger partial charge >= 0.3 is 0 Å². The van der Waals surface area contributed by atoms with Gasteiger partial charge in [0.05, 0.1) is 0 Å². The maximum atomic E-state index is 5.46. The zero-order valence-electron chi connectivity index (χ0n) is 9.36. The highest BCUT2D eigenvalue weighted by Gasteiger charge is 2.21. The highest BCUT2D eigenvalue weighted by Crippen LogP contribution is 2.14. The van der Waals surface area contributed by atoms with E-state index in [4.69, 9.17) is 12.2 Å². The summed E-state index contributed by atoms with van der Waals surface area (Å²) in [6, 6.07) is 0.454. The molecule has 1 heterocycles. The molecule has 0 amide bonds. The van der Waals surface area contributed by atoms with Gasteiger partial charge in [-0.1, -0.05) is 13.8 Å². The lowest BCUT2D eigenvalue weighted by molar-refractivity contribution is 0.317. The molecule has 0 bridgehead atoms. The molecule has 2 nitrogen and oxygen atoms in total. The summed E-state index contributed by atoms with van der Waals surface area (Å²) in [5, 5.41) is 0.990. The minimum atomic E-state index is 0.454. The van der Waals surface area contributed by atoms with Crippen LogP contribution in [0.3, 0.4) is 0 Å². The fraction of sp³-hybridized carbons (Fsp3) is 0.727.